The van der Waals surface area contributed by atoms with Crippen molar-refractivity contribution >= 4 is 40.6 Å². The minimum atomic E-state index is -0.683. The molecule has 0 saturated carbocycles. The summed E-state index contributed by atoms with van der Waals surface area (Å²) < 4.78 is 5.63. The Hall–Kier alpha value is -5.25. The number of aromatic nitrogens is 2. The number of fused-ring (bicyclic) bond motifs is 2. The minimum absolute atomic E-state index is 0.0613. The molecule has 3 aromatic carbocycles. The Labute approximate surface area is 210 Å². The van der Waals surface area contributed by atoms with Gasteiger partial charge in [0.15, 0.2) is 11.5 Å². The van der Waals surface area contributed by atoms with Crippen LogP contribution < -0.4 is 21.5 Å². The standard InChI is InChI=1S/C27H21N5O5/c28-25(34)16-3-2-6-19-22(16)32-21(31-19)11-12-30-27(36)15-9-7-14(8-10-15)13-20-23(33)17-4-1-5-18(26(29)35)24(17)37-20/h1-10,13H,11-12H2,(H2,28,34)(H2,29,35)(H,30,36)(H,31,32)/b20-13-. The highest BCUT2D eigenvalue weighted by Crippen LogP contribution is 2.34. The Balaban J connectivity index is 1.22. The molecule has 0 bridgehead atoms. The molecule has 10 nitrogen and oxygen atoms in total. The van der Waals surface area contributed by atoms with E-state index >= 15 is 0 Å². The van der Waals surface area contributed by atoms with Crippen molar-refractivity contribution in [3.05, 3.63) is 100 Å². The molecule has 0 aliphatic carbocycles. The molecule has 0 fully saturated rings. The molecule has 5 rings (SSSR count). The summed E-state index contributed by atoms with van der Waals surface area (Å²) in [6, 6.07) is 16.4. The lowest BCUT2D eigenvalue weighted by atomic mass is 10.1. The number of ketones is 1. The number of rotatable bonds is 7. The largest absolute Gasteiger partial charge is 0.452 e. The number of allylic oxidation sites excluding steroid dienone is 1. The first-order valence-corrected chi connectivity index (χ1v) is 11.3. The Kier molecular flexibility index (Phi) is 5.98. The van der Waals surface area contributed by atoms with E-state index in [1.165, 1.54) is 12.1 Å². The number of hydrogen-bond acceptors (Lipinski definition) is 6. The van der Waals surface area contributed by atoms with Crippen LogP contribution >= 0.6 is 0 Å². The van der Waals surface area contributed by atoms with E-state index in [0.29, 0.717) is 46.5 Å². The normalized spacial score (nSPS) is 13.4. The van der Waals surface area contributed by atoms with E-state index < -0.39 is 11.8 Å². The van der Waals surface area contributed by atoms with Crippen LogP contribution in [0.5, 0.6) is 5.75 Å². The summed E-state index contributed by atoms with van der Waals surface area (Å²) in [7, 11) is 0. The second-order valence-corrected chi connectivity index (χ2v) is 8.36. The molecular formula is C27H21N5O5. The number of H-pyrrole nitrogens is 1. The SMILES string of the molecule is NC(=O)c1cccc2c1O/C(=C\c1ccc(C(=O)NCCc3nc4c(C(N)=O)cccc4[nH]3)cc1)C2=O. The highest BCUT2D eigenvalue weighted by atomic mass is 16.5. The predicted molar refractivity (Wildman–Crippen MR) is 135 cm³/mol. The molecule has 0 saturated heterocycles. The van der Waals surface area contributed by atoms with Crippen molar-refractivity contribution in [2.24, 2.45) is 11.5 Å². The summed E-state index contributed by atoms with van der Waals surface area (Å²) in [5.41, 5.74) is 13.8. The van der Waals surface area contributed by atoms with Crippen LogP contribution in [0.1, 0.15) is 52.8 Å². The first-order valence-electron chi connectivity index (χ1n) is 11.3. The van der Waals surface area contributed by atoms with Gasteiger partial charge in [0.25, 0.3) is 17.7 Å². The third-order valence-electron chi connectivity index (χ3n) is 5.91. The summed E-state index contributed by atoms with van der Waals surface area (Å²) in [5.74, 6) is -1.04. The number of nitrogens with zero attached hydrogens (tertiary/aromatic N) is 1. The molecule has 0 spiro atoms. The van der Waals surface area contributed by atoms with Crippen molar-refractivity contribution in [1.29, 1.82) is 0 Å². The number of nitrogens with one attached hydrogen (secondary N) is 2. The highest BCUT2D eigenvalue weighted by Gasteiger charge is 2.30. The van der Waals surface area contributed by atoms with Gasteiger partial charge in [0, 0.05) is 18.5 Å². The van der Waals surface area contributed by atoms with Gasteiger partial charge in [-0.25, -0.2) is 4.98 Å². The van der Waals surface area contributed by atoms with Gasteiger partial charge in [0.1, 0.15) is 11.3 Å². The summed E-state index contributed by atoms with van der Waals surface area (Å²) in [6.07, 6.45) is 1.97. The van der Waals surface area contributed by atoms with Gasteiger partial charge in [-0.1, -0.05) is 24.3 Å². The van der Waals surface area contributed by atoms with E-state index in [9.17, 15) is 19.2 Å². The van der Waals surface area contributed by atoms with Gasteiger partial charge in [0.2, 0.25) is 5.78 Å². The maximum absolute atomic E-state index is 12.7. The number of nitrogens with two attached hydrogens (primary N) is 2. The van der Waals surface area contributed by atoms with Gasteiger partial charge >= 0.3 is 0 Å². The molecular weight excluding hydrogens is 474 g/mol. The zero-order chi connectivity index (χ0) is 26.1. The molecule has 0 atom stereocenters. The van der Waals surface area contributed by atoms with Gasteiger partial charge in [-0.15, -0.1) is 0 Å². The number of aromatic amines is 1. The molecule has 1 aromatic heterocycles. The van der Waals surface area contributed by atoms with Crippen LogP contribution in [-0.2, 0) is 6.42 Å². The van der Waals surface area contributed by atoms with Crippen molar-refractivity contribution in [1.82, 2.24) is 15.3 Å². The Morgan fingerprint density at radius 3 is 2.38 bits per heavy atom. The zero-order valence-electron chi connectivity index (χ0n) is 19.4. The summed E-state index contributed by atoms with van der Waals surface area (Å²) in [4.78, 5) is 56.0. The fraction of sp³-hybridized carbons (Fsp3) is 0.0741. The summed E-state index contributed by atoms with van der Waals surface area (Å²) in [5, 5.41) is 2.83. The van der Waals surface area contributed by atoms with Crippen LogP contribution in [0.15, 0.2) is 66.4 Å². The van der Waals surface area contributed by atoms with Gasteiger partial charge in [-0.05, 0) is 48.0 Å². The third-order valence-corrected chi connectivity index (χ3v) is 5.91. The number of para-hydroxylation sites is 2. The lowest BCUT2D eigenvalue weighted by Crippen LogP contribution is -2.25. The van der Waals surface area contributed by atoms with Crippen LogP contribution in [0, 0.1) is 0 Å². The van der Waals surface area contributed by atoms with Crippen molar-refractivity contribution < 1.29 is 23.9 Å². The van der Waals surface area contributed by atoms with Crippen LogP contribution in [0.2, 0.25) is 0 Å². The first kappa shape index (κ1) is 23.5. The Morgan fingerprint density at radius 2 is 1.65 bits per heavy atom. The maximum atomic E-state index is 12.7. The molecule has 1 aliphatic rings. The molecule has 37 heavy (non-hydrogen) atoms. The summed E-state index contributed by atoms with van der Waals surface area (Å²) >= 11 is 0. The predicted octanol–water partition coefficient (Wildman–Crippen LogP) is 2.35. The van der Waals surface area contributed by atoms with Crippen molar-refractivity contribution in [2.45, 2.75) is 6.42 Å². The fourth-order valence-corrected chi connectivity index (χ4v) is 4.08. The van der Waals surface area contributed by atoms with Gasteiger partial charge in [-0.2, -0.15) is 0 Å². The summed E-state index contributed by atoms with van der Waals surface area (Å²) in [6.45, 7) is 0.319. The highest BCUT2D eigenvalue weighted by molar-refractivity contribution is 6.16. The van der Waals surface area contributed by atoms with Gasteiger partial charge in [0.05, 0.1) is 22.2 Å². The molecule has 4 aromatic rings. The molecule has 0 radical (unpaired) electrons. The molecule has 2 heterocycles. The number of ether oxygens (including phenoxy) is 1. The quantitative estimate of drug-likeness (QED) is 0.287. The van der Waals surface area contributed by atoms with Gasteiger partial charge in [-0.3, -0.25) is 19.2 Å². The molecule has 1 aliphatic heterocycles. The lowest BCUT2D eigenvalue weighted by molar-refractivity contribution is 0.0951. The Bertz CT molecular complexity index is 1620. The molecule has 184 valence electrons. The third kappa shape index (κ3) is 4.55. The van der Waals surface area contributed by atoms with E-state index in [2.05, 4.69) is 15.3 Å². The topological polar surface area (TPSA) is 170 Å². The molecule has 10 heteroatoms. The van der Waals surface area contributed by atoms with Crippen LogP contribution in [0.4, 0.5) is 0 Å². The van der Waals surface area contributed by atoms with Crippen LogP contribution in [0.25, 0.3) is 17.1 Å². The molecule has 3 amide bonds. The van der Waals surface area contributed by atoms with Crippen LogP contribution in [0.3, 0.4) is 0 Å². The number of carbonyl (C=O) groups is 4. The number of hydrogen-bond donors (Lipinski definition) is 4. The first-order chi connectivity index (χ1) is 17.8. The number of Topliss-reactive ketones (excluding diaryl/α,β-unsaturated/α-hetero) is 1. The van der Waals surface area contributed by atoms with Crippen LogP contribution in [-0.4, -0.2) is 40.0 Å². The van der Waals surface area contributed by atoms with E-state index in [-0.39, 0.29) is 34.3 Å². The van der Waals surface area contributed by atoms with E-state index in [4.69, 9.17) is 16.2 Å². The number of benzene rings is 3. The van der Waals surface area contributed by atoms with Crippen molar-refractivity contribution in [3.63, 3.8) is 0 Å². The van der Waals surface area contributed by atoms with Gasteiger partial charge < -0.3 is 26.5 Å². The maximum Gasteiger partial charge on any atom is 0.252 e. The second-order valence-electron chi connectivity index (χ2n) is 8.36. The fourth-order valence-electron chi connectivity index (χ4n) is 4.08. The number of carbonyl (C=O) groups excluding carboxylic acids is 4. The smallest absolute Gasteiger partial charge is 0.252 e. The average Bonchev–Trinajstić information content (AvgIpc) is 3.44. The lowest BCUT2D eigenvalue weighted by Gasteiger charge is -2.05. The number of amides is 3. The number of primary amides is 2. The molecule has 6 N–H and O–H groups in total. The van der Waals surface area contributed by atoms with E-state index in [0.717, 1.165) is 0 Å². The van der Waals surface area contributed by atoms with E-state index in [1.54, 1.807) is 54.6 Å². The second kappa shape index (κ2) is 9.42. The number of imidazole rings is 1. The van der Waals surface area contributed by atoms with Crippen molar-refractivity contribution in [2.75, 3.05) is 6.54 Å². The van der Waals surface area contributed by atoms with Crippen molar-refractivity contribution in [3.8, 4) is 5.75 Å². The molecule has 0 unspecified atom stereocenters. The minimum Gasteiger partial charge on any atom is -0.452 e. The monoisotopic (exact) mass is 495 g/mol. The zero-order valence-corrected chi connectivity index (χ0v) is 19.4. The Morgan fingerprint density at radius 1 is 0.946 bits per heavy atom. The average molecular weight is 495 g/mol. The van der Waals surface area contributed by atoms with E-state index in [1.807, 2.05) is 0 Å².